The van der Waals surface area contributed by atoms with E-state index in [1.165, 1.54) is 0 Å². The third kappa shape index (κ3) is 4.21. The molecule has 0 aliphatic rings. The van der Waals surface area contributed by atoms with E-state index >= 15 is 0 Å². The fraction of sp³-hybridized carbons (Fsp3) is 0.160. The minimum atomic E-state index is 0.147. The molecule has 8 nitrogen and oxygen atoms in total. The first-order valence-electron chi connectivity index (χ1n) is 10.6. The summed E-state index contributed by atoms with van der Waals surface area (Å²) in [6.45, 7) is 11.6. The predicted molar refractivity (Wildman–Crippen MR) is 131 cm³/mol. The van der Waals surface area contributed by atoms with Gasteiger partial charge in [0.15, 0.2) is 5.82 Å². The number of nitrogens with one attached hydrogen (secondary N) is 1. The maximum Gasteiger partial charge on any atom is 0.307 e. The summed E-state index contributed by atoms with van der Waals surface area (Å²) in [5.74, 6) is 1.98. The molecule has 0 fully saturated rings. The summed E-state index contributed by atoms with van der Waals surface area (Å²) in [4.78, 5) is 13.0. The quantitative estimate of drug-likeness (QED) is 0.311. The number of nitrogens with zero attached hydrogens (tertiary/aromatic N) is 6. The van der Waals surface area contributed by atoms with Crippen molar-refractivity contribution in [2.24, 2.45) is 0 Å². The Morgan fingerprint density at radius 3 is 2.76 bits per heavy atom. The van der Waals surface area contributed by atoms with E-state index in [9.17, 15) is 0 Å². The van der Waals surface area contributed by atoms with Crippen molar-refractivity contribution in [3.05, 3.63) is 88.3 Å². The largest absolute Gasteiger partial charge is 0.365 e. The molecule has 9 heteroatoms. The second kappa shape index (κ2) is 8.96. The summed E-state index contributed by atoms with van der Waals surface area (Å²) in [6, 6.07) is 13.7. The number of hydrogen-bond acceptors (Lipinski definition) is 6. The Morgan fingerprint density at radius 2 is 2.00 bits per heavy atom. The van der Waals surface area contributed by atoms with Gasteiger partial charge in [-0.1, -0.05) is 35.0 Å². The molecular formula is C25H20ClN7O. The van der Waals surface area contributed by atoms with Crippen LogP contribution in [0.3, 0.4) is 0 Å². The van der Waals surface area contributed by atoms with Crippen LogP contribution >= 0.6 is 11.6 Å². The highest BCUT2D eigenvalue weighted by Crippen LogP contribution is 2.32. The maximum atomic E-state index is 7.06. The van der Waals surface area contributed by atoms with E-state index < -0.39 is 0 Å². The van der Waals surface area contributed by atoms with Crippen molar-refractivity contribution in [1.29, 1.82) is 0 Å². The van der Waals surface area contributed by atoms with Gasteiger partial charge in [0.1, 0.15) is 11.6 Å². The Hall–Kier alpha value is -4.22. The van der Waals surface area contributed by atoms with Gasteiger partial charge in [-0.05, 0) is 49.2 Å². The first kappa shape index (κ1) is 21.6. The van der Waals surface area contributed by atoms with Crippen LogP contribution in [-0.2, 0) is 13.2 Å². The van der Waals surface area contributed by atoms with Crippen molar-refractivity contribution in [2.45, 2.75) is 27.1 Å². The highest BCUT2D eigenvalue weighted by molar-refractivity contribution is 6.30. The third-order valence-corrected chi connectivity index (χ3v) is 5.71. The molecular weight excluding hydrogens is 450 g/mol. The predicted octanol–water partition coefficient (Wildman–Crippen LogP) is 5.91. The molecule has 3 heterocycles. The van der Waals surface area contributed by atoms with Gasteiger partial charge >= 0.3 is 6.67 Å². The lowest BCUT2D eigenvalue weighted by atomic mass is 10.0. The first-order valence-corrected chi connectivity index (χ1v) is 11.0. The van der Waals surface area contributed by atoms with Crippen LogP contribution in [0.25, 0.3) is 38.3 Å². The highest BCUT2D eigenvalue weighted by atomic mass is 35.5. The number of anilines is 1. The number of aromatic nitrogens is 5. The lowest BCUT2D eigenvalue weighted by Gasteiger charge is -2.12. The van der Waals surface area contributed by atoms with Crippen molar-refractivity contribution < 1.29 is 4.52 Å². The number of halogens is 1. The van der Waals surface area contributed by atoms with Gasteiger partial charge in [-0.15, -0.1) is 0 Å². The Balaban J connectivity index is 1.61. The second-order valence-electron chi connectivity index (χ2n) is 7.88. The molecule has 5 aromatic rings. The molecule has 34 heavy (non-hydrogen) atoms. The molecule has 3 aromatic heterocycles. The molecule has 168 valence electrons. The molecule has 0 unspecified atom stereocenters. The zero-order valence-corrected chi connectivity index (χ0v) is 19.3. The highest BCUT2D eigenvalue weighted by Gasteiger charge is 2.16. The molecule has 2 aromatic carbocycles. The molecule has 5 rings (SSSR count). The molecule has 0 aliphatic carbocycles. The fourth-order valence-electron chi connectivity index (χ4n) is 3.90. The van der Waals surface area contributed by atoms with E-state index in [2.05, 4.69) is 20.4 Å². The number of hydrogen-bond donors (Lipinski definition) is 1. The Bertz CT molecular complexity index is 1530. The molecule has 0 saturated carbocycles. The summed E-state index contributed by atoms with van der Waals surface area (Å²) < 4.78 is 6.93. The summed E-state index contributed by atoms with van der Waals surface area (Å²) >= 11 is 6.16. The van der Waals surface area contributed by atoms with Crippen LogP contribution < -0.4 is 5.32 Å². The van der Waals surface area contributed by atoms with E-state index in [0.717, 1.165) is 44.6 Å². The zero-order valence-electron chi connectivity index (χ0n) is 18.6. The monoisotopic (exact) mass is 469 g/mol. The van der Waals surface area contributed by atoms with Crippen LogP contribution in [0.4, 0.5) is 5.82 Å². The number of fused-ring (bicyclic) bond motifs is 1. The van der Waals surface area contributed by atoms with Gasteiger partial charge in [0.05, 0.1) is 23.0 Å². The van der Waals surface area contributed by atoms with E-state index in [0.29, 0.717) is 23.2 Å². The fourth-order valence-corrected chi connectivity index (χ4v) is 4.12. The van der Waals surface area contributed by atoms with E-state index in [4.69, 9.17) is 32.7 Å². The van der Waals surface area contributed by atoms with Crippen LogP contribution in [-0.4, -0.2) is 24.9 Å². The van der Waals surface area contributed by atoms with Crippen molar-refractivity contribution in [3.8, 4) is 22.5 Å². The Labute approximate surface area is 201 Å². The van der Waals surface area contributed by atoms with Crippen LogP contribution in [0.15, 0.2) is 59.4 Å². The van der Waals surface area contributed by atoms with Gasteiger partial charge < -0.3 is 9.84 Å². The van der Waals surface area contributed by atoms with E-state index in [1.807, 2.05) is 56.3 Å². The molecule has 0 aliphatic heterocycles. The molecule has 0 bridgehead atoms. The maximum absolute atomic E-state index is 7.06. The lowest BCUT2D eigenvalue weighted by Crippen LogP contribution is -2.04. The van der Waals surface area contributed by atoms with Gasteiger partial charge in [-0.2, -0.15) is 5.10 Å². The standard InChI is InChI=1S/C25H20ClN7O/c1-15-23(16(2)34-32-15)18-7-8-22-21(10-18)25(28-11-17-5-4-6-20(26)9-17)31-24(30-22)19-12-29-33(13-19)14-27-3/h4-10,12-13H,11,14H2,1-2H3,(H,28,30,31). The Kier molecular flexibility index (Phi) is 5.70. The summed E-state index contributed by atoms with van der Waals surface area (Å²) in [7, 11) is 0. The van der Waals surface area contributed by atoms with Crippen molar-refractivity contribution >= 4 is 28.3 Å². The van der Waals surface area contributed by atoms with Crippen LogP contribution in [0.2, 0.25) is 5.02 Å². The average molecular weight is 470 g/mol. The lowest BCUT2D eigenvalue weighted by molar-refractivity contribution is 0.393. The smallest absolute Gasteiger partial charge is 0.307 e. The van der Waals surface area contributed by atoms with Gasteiger partial charge in [0, 0.05) is 28.7 Å². The topological polar surface area (TPSA) is 86.0 Å². The molecule has 0 spiro atoms. The number of aryl methyl sites for hydroxylation is 2. The van der Waals surface area contributed by atoms with Crippen molar-refractivity contribution in [2.75, 3.05) is 5.32 Å². The van der Waals surface area contributed by atoms with Crippen molar-refractivity contribution in [3.63, 3.8) is 0 Å². The number of rotatable bonds is 6. The van der Waals surface area contributed by atoms with Gasteiger partial charge in [0.25, 0.3) is 0 Å². The third-order valence-electron chi connectivity index (χ3n) is 5.47. The Morgan fingerprint density at radius 1 is 1.12 bits per heavy atom. The van der Waals surface area contributed by atoms with Gasteiger partial charge in [0.2, 0.25) is 0 Å². The molecule has 0 amide bonds. The minimum absolute atomic E-state index is 0.147. The first-order chi connectivity index (χ1) is 16.5. The van der Waals surface area contributed by atoms with E-state index in [-0.39, 0.29) is 6.67 Å². The summed E-state index contributed by atoms with van der Waals surface area (Å²) in [5.41, 5.74) is 5.34. The van der Waals surface area contributed by atoms with Crippen LogP contribution in [0, 0.1) is 20.4 Å². The molecule has 1 N–H and O–H groups in total. The van der Waals surface area contributed by atoms with Crippen molar-refractivity contribution in [1.82, 2.24) is 24.9 Å². The number of benzene rings is 2. The molecule has 0 radical (unpaired) electrons. The zero-order chi connectivity index (χ0) is 23.7. The normalized spacial score (nSPS) is 11.0. The second-order valence-corrected chi connectivity index (χ2v) is 8.31. The SMILES string of the molecule is [C-]#[N+]Cn1cc(-c2nc(NCc3cccc(Cl)c3)c3cc(-c4c(C)noc4C)ccc3n2)cn1. The van der Waals surface area contributed by atoms with Crippen LogP contribution in [0.5, 0.6) is 0 Å². The molecule has 0 saturated heterocycles. The van der Waals surface area contributed by atoms with Gasteiger partial charge in [-0.25, -0.2) is 21.2 Å². The summed E-state index contributed by atoms with van der Waals surface area (Å²) in [6.07, 6.45) is 3.45. The minimum Gasteiger partial charge on any atom is -0.365 e. The van der Waals surface area contributed by atoms with Gasteiger partial charge in [-0.3, -0.25) is 4.85 Å². The summed E-state index contributed by atoms with van der Waals surface area (Å²) in [5, 5.41) is 13.3. The molecule has 0 atom stereocenters. The average Bonchev–Trinajstić information content (AvgIpc) is 3.43. The van der Waals surface area contributed by atoms with Crippen LogP contribution in [0.1, 0.15) is 17.0 Å². The van der Waals surface area contributed by atoms with E-state index in [1.54, 1.807) is 17.1 Å².